The van der Waals surface area contributed by atoms with Crippen LogP contribution in [0.4, 0.5) is 0 Å². The Kier molecular flexibility index (Phi) is 6.39. The molecule has 3 heterocycles. The molecule has 0 amide bonds. The topological polar surface area (TPSA) is 56.5 Å². The van der Waals surface area contributed by atoms with Crippen molar-refractivity contribution >= 4 is 32.7 Å². The highest BCUT2D eigenvalue weighted by Gasteiger charge is 2.23. The SMILES string of the molecule is c1ccc(-c2nc(-c3ccccc3)nc(-c3ccccc3-c3nc4ccccc4c4c5ccccc5n(-c5ccccc5)c34)n2)cc1. The van der Waals surface area contributed by atoms with Gasteiger partial charge in [0.15, 0.2) is 17.5 Å². The second-order valence-corrected chi connectivity index (χ2v) is 11.5. The molecule has 9 aromatic rings. The lowest BCUT2D eigenvalue weighted by Crippen LogP contribution is -2.02. The molecule has 5 nitrogen and oxygen atoms in total. The molecule has 0 N–H and O–H groups in total. The molecule has 47 heavy (non-hydrogen) atoms. The molecular weight excluding hydrogens is 574 g/mol. The third-order valence-electron chi connectivity index (χ3n) is 8.64. The smallest absolute Gasteiger partial charge is 0.164 e. The number of rotatable bonds is 5. The zero-order valence-electron chi connectivity index (χ0n) is 25.3. The van der Waals surface area contributed by atoms with Gasteiger partial charge < -0.3 is 4.57 Å². The molecule has 0 spiro atoms. The normalized spacial score (nSPS) is 11.4. The van der Waals surface area contributed by atoms with Crippen molar-refractivity contribution in [1.82, 2.24) is 24.5 Å². The Labute approximate surface area is 271 Å². The molecular formula is C42H27N5. The van der Waals surface area contributed by atoms with E-state index in [0.29, 0.717) is 17.5 Å². The molecule has 5 heteroatoms. The molecule has 6 aromatic carbocycles. The van der Waals surface area contributed by atoms with Crippen molar-refractivity contribution in [3.05, 3.63) is 164 Å². The lowest BCUT2D eigenvalue weighted by Gasteiger charge is -2.15. The second kappa shape index (κ2) is 11.2. The highest BCUT2D eigenvalue weighted by atomic mass is 15.0. The number of hydrogen-bond donors (Lipinski definition) is 0. The third kappa shape index (κ3) is 4.56. The van der Waals surface area contributed by atoms with Crippen LogP contribution in [0.5, 0.6) is 0 Å². The van der Waals surface area contributed by atoms with Crippen LogP contribution in [-0.2, 0) is 0 Å². The summed E-state index contributed by atoms with van der Waals surface area (Å²) in [6, 6.07) is 56.0. The van der Waals surface area contributed by atoms with E-state index in [2.05, 4.69) is 102 Å². The number of nitrogens with zero attached hydrogens (tertiary/aromatic N) is 5. The molecule has 0 aliphatic carbocycles. The quantitative estimate of drug-likeness (QED) is 0.197. The van der Waals surface area contributed by atoms with Gasteiger partial charge in [0.2, 0.25) is 0 Å². The van der Waals surface area contributed by atoms with Gasteiger partial charge >= 0.3 is 0 Å². The van der Waals surface area contributed by atoms with Gasteiger partial charge in [0.1, 0.15) is 0 Å². The fourth-order valence-electron chi connectivity index (χ4n) is 6.54. The maximum Gasteiger partial charge on any atom is 0.164 e. The third-order valence-corrected chi connectivity index (χ3v) is 8.64. The Bertz CT molecular complexity index is 2500. The minimum atomic E-state index is 0.596. The molecule has 220 valence electrons. The van der Waals surface area contributed by atoms with Gasteiger partial charge in [-0.1, -0.05) is 140 Å². The van der Waals surface area contributed by atoms with E-state index in [-0.39, 0.29) is 0 Å². The Balaban J connectivity index is 1.39. The van der Waals surface area contributed by atoms with Crippen molar-refractivity contribution in [3.63, 3.8) is 0 Å². The van der Waals surface area contributed by atoms with E-state index in [1.807, 2.05) is 66.7 Å². The van der Waals surface area contributed by atoms with Crippen molar-refractivity contribution in [2.24, 2.45) is 0 Å². The summed E-state index contributed by atoms with van der Waals surface area (Å²) in [6.45, 7) is 0. The molecule has 0 radical (unpaired) electrons. The number of para-hydroxylation sites is 3. The van der Waals surface area contributed by atoms with Crippen LogP contribution < -0.4 is 0 Å². The molecule has 0 unspecified atom stereocenters. The highest BCUT2D eigenvalue weighted by Crippen LogP contribution is 2.43. The van der Waals surface area contributed by atoms with Crippen LogP contribution in [0.25, 0.3) is 83.8 Å². The standard InChI is InChI=1S/C42H27N5/c1-4-16-28(17-5-1)40-44-41(29-18-6-2-7-19-29)46-42(45-40)32-23-11-10-22-31(32)38-39-37(33-24-12-14-26-35(33)43-38)34-25-13-15-27-36(34)47(39)30-20-8-3-9-21-30/h1-27H. The van der Waals surface area contributed by atoms with Gasteiger partial charge in [-0.3, -0.25) is 0 Å². The van der Waals surface area contributed by atoms with Crippen LogP contribution in [-0.4, -0.2) is 24.5 Å². The second-order valence-electron chi connectivity index (χ2n) is 11.5. The molecule has 0 fully saturated rings. The largest absolute Gasteiger partial charge is 0.307 e. The summed E-state index contributed by atoms with van der Waals surface area (Å²) >= 11 is 0. The monoisotopic (exact) mass is 601 g/mol. The molecule has 3 aromatic heterocycles. The van der Waals surface area contributed by atoms with Crippen molar-refractivity contribution in [3.8, 4) is 51.1 Å². The van der Waals surface area contributed by atoms with Crippen LogP contribution in [0.3, 0.4) is 0 Å². The molecule has 0 atom stereocenters. The lowest BCUT2D eigenvalue weighted by atomic mass is 9.99. The molecule has 0 aliphatic heterocycles. The summed E-state index contributed by atoms with van der Waals surface area (Å²) < 4.78 is 2.34. The van der Waals surface area contributed by atoms with E-state index in [4.69, 9.17) is 19.9 Å². The molecule has 0 saturated carbocycles. The summed E-state index contributed by atoms with van der Waals surface area (Å²) in [5, 5.41) is 3.47. The first kappa shape index (κ1) is 26.9. The number of benzene rings is 6. The van der Waals surface area contributed by atoms with E-state index >= 15 is 0 Å². The van der Waals surface area contributed by atoms with Crippen LogP contribution >= 0.6 is 0 Å². The summed E-state index contributed by atoms with van der Waals surface area (Å²) in [6.07, 6.45) is 0. The minimum Gasteiger partial charge on any atom is -0.307 e. The van der Waals surface area contributed by atoms with Crippen LogP contribution in [0.2, 0.25) is 0 Å². The number of hydrogen-bond acceptors (Lipinski definition) is 4. The highest BCUT2D eigenvalue weighted by molar-refractivity contribution is 6.23. The van der Waals surface area contributed by atoms with Gasteiger partial charge in [0, 0.05) is 44.1 Å². The first-order valence-corrected chi connectivity index (χ1v) is 15.7. The fourth-order valence-corrected chi connectivity index (χ4v) is 6.54. The Morgan fingerprint density at radius 3 is 1.57 bits per heavy atom. The van der Waals surface area contributed by atoms with E-state index < -0.39 is 0 Å². The van der Waals surface area contributed by atoms with Crippen molar-refractivity contribution < 1.29 is 0 Å². The molecule has 9 rings (SSSR count). The maximum absolute atomic E-state index is 5.41. The molecule has 0 saturated heterocycles. The van der Waals surface area contributed by atoms with Gasteiger partial charge in [0.05, 0.1) is 22.2 Å². The van der Waals surface area contributed by atoms with Gasteiger partial charge in [-0.15, -0.1) is 0 Å². The summed E-state index contributed by atoms with van der Waals surface area (Å²) in [4.78, 5) is 20.5. The van der Waals surface area contributed by atoms with Gasteiger partial charge in [-0.25, -0.2) is 19.9 Å². The molecule has 0 aliphatic rings. The van der Waals surface area contributed by atoms with E-state index in [0.717, 1.165) is 55.6 Å². The van der Waals surface area contributed by atoms with Gasteiger partial charge in [0.25, 0.3) is 0 Å². The zero-order valence-corrected chi connectivity index (χ0v) is 25.3. The van der Waals surface area contributed by atoms with Crippen molar-refractivity contribution in [1.29, 1.82) is 0 Å². The van der Waals surface area contributed by atoms with Crippen molar-refractivity contribution in [2.75, 3.05) is 0 Å². The zero-order chi connectivity index (χ0) is 31.2. The predicted molar refractivity (Wildman–Crippen MR) is 191 cm³/mol. The van der Waals surface area contributed by atoms with Crippen LogP contribution in [0.15, 0.2) is 164 Å². The maximum atomic E-state index is 5.41. The minimum absolute atomic E-state index is 0.596. The van der Waals surface area contributed by atoms with Crippen LogP contribution in [0.1, 0.15) is 0 Å². The van der Waals surface area contributed by atoms with E-state index in [1.54, 1.807) is 0 Å². The molecule has 0 bridgehead atoms. The Morgan fingerprint density at radius 1 is 0.383 bits per heavy atom. The predicted octanol–water partition coefficient (Wildman–Crippen LogP) is 10.2. The van der Waals surface area contributed by atoms with E-state index in [9.17, 15) is 0 Å². The van der Waals surface area contributed by atoms with Gasteiger partial charge in [-0.05, 0) is 24.3 Å². The first-order chi connectivity index (χ1) is 23.3. The first-order valence-electron chi connectivity index (χ1n) is 15.7. The Morgan fingerprint density at radius 2 is 0.894 bits per heavy atom. The van der Waals surface area contributed by atoms with Crippen LogP contribution in [0, 0.1) is 0 Å². The summed E-state index contributed by atoms with van der Waals surface area (Å²) in [5.41, 5.74) is 8.76. The average Bonchev–Trinajstić information content (AvgIpc) is 3.51. The summed E-state index contributed by atoms with van der Waals surface area (Å²) in [7, 11) is 0. The number of aromatic nitrogens is 5. The average molecular weight is 602 g/mol. The van der Waals surface area contributed by atoms with E-state index in [1.165, 1.54) is 10.8 Å². The van der Waals surface area contributed by atoms with Gasteiger partial charge in [-0.2, -0.15) is 0 Å². The van der Waals surface area contributed by atoms with Crippen molar-refractivity contribution in [2.45, 2.75) is 0 Å². The number of pyridine rings is 1. The fraction of sp³-hybridized carbons (Fsp3) is 0. The lowest BCUT2D eigenvalue weighted by molar-refractivity contribution is 1.07. The number of fused-ring (bicyclic) bond motifs is 5. The Hall–Kier alpha value is -6.46. The summed E-state index contributed by atoms with van der Waals surface area (Å²) in [5.74, 6) is 1.84.